The van der Waals surface area contributed by atoms with Crippen molar-refractivity contribution in [1.82, 2.24) is 30.2 Å². The molecular weight excluding hydrogens is 292 g/mol. The maximum absolute atomic E-state index is 12.3. The van der Waals surface area contributed by atoms with Crippen molar-refractivity contribution in [2.24, 2.45) is 0 Å². The average Bonchev–Trinajstić information content (AvgIpc) is 3.07. The Labute approximate surface area is 123 Å². The summed E-state index contributed by atoms with van der Waals surface area (Å²) in [6.07, 6.45) is 4.78. The van der Waals surface area contributed by atoms with E-state index in [-0.39, 0.29) is 5.03 Å². The third kappa shape index (κ3) is 3.90. The highest BCUT2D eigenvalue weighted by Crippen LogP contribution is 2.15. The molecule has 0 aliphatic rings. The molecule has 0 aliphatic heterocycles. The molecule has 4 N–H and O–H groups in total. The number of H-pyrrole nitrogens is 2. The van der Waals surface area contributed by atoms with Crippen LogP contribution < -0.4 is 10.0 Å². The second-order valence-corrected chi connectivity index (χ2v) is 6.38. The molecule has 2 rings (SSSR count). The third-order valence-electron chi connectivity index (χ3n) is 3.08. The van der Waals surface area contributed by atoms with Gasteiger partial charge in [0, 0.05) is 43.2 Å². The fourth-order valence-electron chi connectivity index (χ4n) is 2.00. The minimum Gasteiger partial charge on any atom is -0.349 e. The highest BCUT2D eigenvalue weighted by Gasteiger charge is 2.22. The standard InChI is InChI=1S/C12H20N6O2S/c1-9-10(8-13-2)12(18-17-9)21(19,20)16-5-3-4-11-14-6-7-15-11/h6-7,13,16H,3-5,8H2,1-2H3,(H,14,15)(H,17,18). The zero-order valence-corrected chi connectivity index (χ0v) is 12.9. The van der Waals surface area contributed by atoms with Crippen LogP contribution in [0.1, 0.15) is 23.5 Å². The first-order valence-electron chi connectivity index (χ1n) is 6.71. The second-order valence-electron chi connectivity index (χ2n) is 4.70. The van der Waals surface area contributed by atoms with Gasteiger partial charge in [0.25, 0.3) is 10.0 Å². The predicted molar refractivity (Wildman–Crippen MR) is 78.2 cm³/mol. The zero-order valence-electron chi connectivity index (χ0n) is 12.1. The molecule has 0 atom stereocenters. The number of imidazole rings is 1. The van der Waals surface area contributed by atoms with Crippen molar-refractivity contribution in [2.45, 2.75) is 31.3 Å². The fraction of sp³-hybridized carbons (Fsp3) is 0.500. The van der Waals surface area contributed by atoms with E-state index in [4.69, 9.17) is 0 Å². The van der Waals surface area contributed by atoms with Crippen LogP contribution in [0.2, 0.25) is 0 Å². The summed E-state index contributed by atoms with van der Waals surface area (Å²) in [5.41, 5.74) is 1.41. The van der Waals surface area contributed by atoms with Crippen molar-refractivity contribution in [1.29, 1.82) is 0 Å². The Bertz CT molecular complexity index is 662. The number of aromatic nitrogens is 4. The van der Waals surface area contributed by atoms with Gasteiger partial charge in [-0.25, -0.2) is 18.1 Å². The molecule has 21 heavy (non-hydrogen) atoms. The summed E-state index contributed by atoms with van der Waals surface area (Å²) in [4.78, 5) is 7.07. The number of sulfonamides is 1. The summed E-state index contributed by atoms with van der Waals surface area (Å²) < 4.78 is 27.1. The number of aromatic amines is 2. The Balaban J connectivity index is 1.95. The van der Waals surface area contributed by atoms with E-state index in [1.165, 1.54) is 0 Å². The lowest BCUT2D eigenvalue weighted by molar-refractivity contribution is 0.572. The molecule has 0 aromatic carbocycles. The van der Waals surface area contributed by atoms with Gasteiger partial charge in [0.05, 0.1) is 0 Å². The van der Waals surface area contributed by atoms with Crippen LogP contribution in [0.4, 0.5) is 0 Å². The molecule has 9 heteroatoms. The van der Waals surface area contributed by atoms with Crippen LogP contribution in [0, 0.1) is 6.92 Å². The van der Waals surface area contributed by atoms with Gasteiger partial charge >= 0.3 is 0 Å². The van der Waals surface area contributed by atoms with Gasteiger partial charge in [-0.1, -0.05) is 0 Å². The van der Waals surface area contributed by atoms with E-state index < -0.39 is 10.0 Å². The zero-order chi connectivity index (χ0) is 15.3. The summed E-state index contributed by atoms with van der Waals surface area (Å²) >= 11 is 0. The van der Waals surface area contributed by atoms with Gasteiger partial charge in [0.2, 0.25) is 0 Å². The highest BCUT2D eigenvalue weighted by atomic mass is 32.2. The van der Waals surface area contributed by atoms with Gasteiger partial charge in [-0.05, 0) is 20.4 Å². The molecule has 0 radical (unpaired) electrons. The maximum atomic E-state index is 12.3. The van der Waals surface area contributed by atoms with Gasteiger partial charge in [-0.2, -0.15) is 5.10 Å². The summed E-state index contributed by atoms with van der Waals surface area (Å²) in [6, 6.07) is 0. The number of nitrogens with one attached hydrogen (secondary N) is 4. The molecule has 0 fully saturated rings. The molecule has 116 valence electrons. The van der Waals surface area contributed by atoms with Crippen molar-refractivity contribution in [2.75, 3.05) is 13.6 Å². The van der Waals surface area contributed by atoms with E-state index >= 15 is 0 Å². The van der Waals surface area contributed by atoms with E-state index in [9.17, 15) is 8.42 Å². The molecule has 2 heterocycles. The van der Waals surface area contributed by atoms with Crippen molar-refractivity contribution in [3.63, 3.8) is 0 Å². The monoisotopic (exact) mass is 312 g/mol. The smallest absolute Gasteiger partial charge is 0.260 e. The molecule has 0 saturated heterocycles. The highest BCUT2D eigenvalue weighted by molar-refractivity contribution is 7.89. The normalized spacial score (nSPS) is 11.9. The van der Waals surface area contributed by atoms with Crippen LogP contribution in [0.15, 0.2) is 17.4 Å². The third-order valence-corrected chi connectivity index (χ3v) is 4.51. The number of rotatable bonds is 8. The molecular formula is C12H20N6O2S. The molecule has 0 spiro atoms. The topological polar surface area (TPSA) is 116 Å². The molecule has 0 aliphatic carbocycles. The van der Waals surface area contributed by atoms with Crippen molar-refractivity contribution >= 4 is 10.0 Å². The minimum atomic E-state index is -3.60. The molecule has 0 amide bonds. The first-order chi connectivity index (χ1) is 10.0. The number of aryl methyl sites for hydroxylation is 2. The van der Waals surface area contributed by atoms with E-state index in [1.54, 1.807) is 26.4 Å². The summed E-state index contributed by atoms with van der Waals surface area (Å²) in [5.74, 6) is 0.848. The van der Waals surface area contributed by atoms with Gasteiger partial charge in [0.1, 0.15) is 5.82 Å². The van der Waals surface area contributed by atoms with Crippen molar-refractivity contribution in [3.05, 3.63) is 29.5 Å². The summed E-state index contributed by atoms with van der Waals surface area (Å²) in [7, 11) is -1.83. The molecule has 8 nitrogen and oxygen atoms in total. The van der Waals surface area contributed by atoms with Crippen molar-refractivity contribution < 1.29 is 8.42 Å². The maximum Gasteiger partial charge on any atom is 0.260 e. The van der Waals surface area contributed by atoms with Crippen LogP contribution >= 0.6 is 0 Å². The van der Waals surface area contributed by atoms with Gasteiger partial charge < -0.3 is 10.3 Å². The Kier molecular flexibility index (Phi) is 5.10. The molecule has 2 aromatic heterocycles. The SMILES string of the molecule is CNCc1c(S(=O)(=O)NCCCc2ncc[nH]2)n[nH]c1C. The van der Waals surface area contributed by atoms with E-state index in [1.807, 2.05) is 0 Å². The van der Waals surface area contributed by atoms with Crippen LogP contribution in [0.5, 0.6) is 0 Å². The largest absolute Gasteiger partial charge is 0.349 e. The first-order valence-corrected chi connectivity index (χ1v) is 8.19. The number of nitrogens with zero attached hydrogens (tertiary/aromatic N) is 2. The van der Waals surface area contributed by atoms with Crippen LogP contribution in [0.3, 0.4) is 0 Å². The Hall–Kier alpha value is -1.71. The molecule has 0 unspecified atom stereocenters. The van der Waals surface area contributed by atoms with Crippen molar-refractivity contribution in [3.8, 4) is 0 Å². The second kappa shape index (κ2) is 6.83. The Morgan fingerprint density at radius 2 is 2.19 bits per heavy atom. The van der Waals surface area contributed by atoms with Gasteiger partial charge in [0.15, 0.2) is 5.03 Å². The van der Waals surface area contributed by atoms with E-state index in [2.05, 4.69) is 30.2 Å². The van der Waals surface area contributed by atoms with Crippen LogP contribution in [-0.4, -0.2) is 42.2 Å². The lowest BCUT2D eigenvalue weighted by atomic mass is 10.3. The fourth-order valence-corrected chi connectivity index (χ4v) is 3.27. The lowest BCUT2D eigenvalue weighted by Gasteiger charge is -2.06. The van der Waals surface area contributed by atoms with Gasteiger partial charge in [-0.3, -0.25) is 5.10 Å². The summed E-state index contributed by atoms with van der Waals surface area (Å²) in [5, 5.41) is 9.62. The minimum absolute atomic E-state index is 0.0624. The van der Waals surface area contributed by atoms with Crippen LogP contribution in [-0.2, 0) is 23.0 Å². The Morgan fingerprint density at radius 3 is 2.86 bits per heavy atom. The lowest BCUT2D eigenvalue weighted by Crippen LogP contribution is -2.27. The quantitative estimate of drug-likeness (QED) is 0.515. The van der Waals surface area contributed by atoms with Crippen LogP contribution in [0.25, 0.3) is 0 Å². The first kappa shape index (κ1) is 15.7. The predicted octanol–water partition coefficient (Wildman–Crippen LogP) is 0.0717. The average molecular weight is 312 g/mol. The summed E-state index contributed by atoms with van der Waals surface area (Å²) in [6.45, 7) is 2.59. The molecule has 0 saturated carbocycles. The Morgan fingerprint density at radius 1 is 1.38 bits per heavy atom. The number of hydrogen-bond acceptors (Lipinski definition) is 5. The van der Waals surface area contributed by atoms with E-state index in [0.29, 0.717) is 31.5 Å². The van der Waals surface area contributed by atoms with E-state index in [0.717, 1.165) is 11.5 Å². The number of hydrogen-bond donors (Lipinski definition) is 4. The van der Waals surface area contributed by atoms with Gasteiger partial charge in [-0.15, -0.1) is 0 Å². The molecule has 0 bridgehead atoms. The molecule has 2 aromatic rings.